The Morgan fingerprint density at radius 2 is 1.83 bits per heavy atom. The van der Waals surface area contributed by atoms with Crippen LogP contribution in [-0.2, 0) is 0 Å². The van der Waals surface area contributed by atoms with Gasteiger partial charge in [-0.25, -0.2) is 4.98 Å². The van der Waals surface area contributed by atoms with Crippen molar-refractivity contribution in [2.45, 2.75) is 6.92 Å². The minimum Gasteiger partial charge on any atom is -0.497 e. The van der Waals surface area contributed by atoms with E-state index in [9.17, 15) is 4.79 Å². The average molecular weight is 323 g/mol. The fourth-order valence-corrected chi connectivity index (χ4v) is 2.91. The highest BCUT2D eigenvalue weighted by atomic mass is 16.5. The van der Waals surface area contributed by atoms with Gasteiger partial charge in [0.05, 0.1) is 18.1 Å². The Morgan fingerprint density at radius 3 is 2.50 bits per heavy atom. The van der Waals surface area contributed by atoms with Crippen molar-refractivity contribution in [2.75, 3.05) is 7.11 Å². The van der Waals surface area contributed by atoms with Crippen LogP contribution >= 0.6 is 0 Å². The van der Waals surface area contributed by atoms with Crippen molar-refractivity contribution in [2.24, 2.45) is 0 Å². The maximum atomic E-state index is 12.1. The number of nitrogens with one attached hydrogen (secondary N) is 1. The number of nitrogens with zero attached hydrogens (tertiary/aromatic N) is 2. The van der Waals surface area contributed by atoms with Crippen LogP contribution in [0, 0.1) is 0 Å². The number of aromatic amines is 1. The number of fused-ring (bicyclic) bond motifs is 3. The molecule has 2 aromatic heterocycles. The number of H-pyrrole nitrogens is 1. The molecule has 0 aliphatic carbocycles. The van der Waals surface area contributed by atoms with Crippen molar-refractivity contribution in [1.82, 2.24) is 14.5 Å². The molecular formula is C18H17N3O3. The summed E-state index contributed by atoms with van der Waals surface area (Å²) in [5, 5.41) is 0.991. The lowest BCUT2D eigenvalue weighted by Gasteiger charge is -2.02. The van der Waals surface area contributed by atoms with Crippen LogP contribution in [-0.4, -0.2) is 33.0 Å². The van der Waals surface area contributed by atoms with E-state index >= 15 is 0 Å². The maximum Gasteiger partial charge on any atom is 0.229 e. The number of methoxy groups -OCH3 is 1. The van der Waals surface area contributed by atoms with Crippen molar-refractivity contribution in [3.8, 4) is 17.1 Å². The van der Waals surface area contributed by atoms with Gasteiger partial charge in [0.25, 0.3) is 0 Å². The molecule has 0 unspecified atom stereocenters. The summed E-state index contributed by atoms with van der Waals surface area (Å²) in [5.74, 6) is 1.48. The highest BCUT2D eigenvalue weighted by molar-refractivity contribution is 6.10. The fraction of sp³-hybridized carbons (Fsp3) is 0.111. The van der Waals surface area contributed by atoms with Crippen molar-refractivity contribution < 1.29 is 15.0 Å². The number of para-hydroxylation sites is 1. The average Bonchev–Trinajstić information content (AvgIpc) is 3.11. The standard InChI is InChI=1S/C18H15N3O2.H2O/c1-11(22)21-15-6-4-3-5-14(15)16-18(21)20-17(19-16)12-7-9-13(23-2)10-8-12;/h3-10H,1-2H3,(H,19,20);1H2. The smallest absolute Gasteiger partial charge is 0.229 e. The van der Waals surface area contributed by atoms with Gasteiger partial charge in [0.15, 0.2) is 5.65 Å². The number of aromatic nitrogens is 3. The summed E-state index contributed by atoms with van der Waals surface area (Å²) >= 11 is 0. The van der Waals surface area contributed by atoms with Crippen molar-refractivity contribution in [1.29, 1.82) is 0 Å². The normalized spacial score (nSPS) is 10.8. The molecule has 2 aromatic carbocycles. The molecule has 4 aromatic rings. The van der Waals surface area contributed by atoms with Crippen molar-refractivity contribution in [3.05, 3.63) is 48.5 Å². The quantitative estimate of drug-likeness (QED) is 0.614. The summed E-state index contributed by atoms with van der Waals surface area (Å²) in [7, 11) is 1.64. The van der Waals surface area contributed by atoms with E-state index in [-0.39, 0.29) is 11.4 Å². The summed E-state index contributed by atoms with van der Waals surface area (Å²) in [6.45, 7) is 1.55. The number of carbonyl (C=O) groups excluding carboxylic acids is 1. The topological polar surface area (TPSA) is 91.4 Å². The molecule has 0 aliphatic heterocycles. The van der Waals surface area contributed by atoms with Crippen molar-refractivity contribution in [3.63, 3.8) is 0 Å². The molecule has 24 heavy (non-hydrogen) atoms. The van der Waals surface area contributed by atoms with E-state index in [1.165, 1.54) is 0 Å². The van der Waals surface area contributed by atoms with Gasteiger partial charge in [-0.3, -0.25) is 9.36 Å². The number of ether oxygens (including phenoxy) is 1. The Bertz CT molecular complexity index is 1030. The van der Waals surface area contributed by atoms with Gasteiger partial charge in [-0.1, -0.05) is 18.2 Å². The van der Waals surface area contributed by atoms with Gasteiger partial charge in [0.1, 0.15) is 11.6 Å². The predicted octanol–water partition coefficient (Wildman–Crippen LogP) is 3.03. The third-order valence-corrected chi connectivity index (χ3v) is 3.99. The third kappa shape index (κ3) is 2.24. The molecule has 0 spiro atoms. The zero-order chi connectivity index (χ0) is 16.0. The molecule has 3 N–H and O–H groups in total. The molecular weight excluding hydrogens is 306 g/mol. The summed E-state index contributed by atoms with van der Waals surface area (Å²) in [5.41, 5.74) is 3.35. The molecule has 0 fully saturated rings. The Balaban J connectivity index is 0.00000169. The first-order valence-electron chi connectivity index (χ1n) is 7.33. The van der Waals surface area contributed by atoms with Crippen LogP contribution < -0.4 is 4.74 Å². The molecule has 6 nitrogen and oxygen atoms in total. The van der Waals surface area contributed by atoms with Gasteiger partial charge in [-0.2, -0.15) is 0 Å². The van der Waals surface area contributed by atoms with Crippen LogP contribution in [0.25, 0.3) is 33.5 Å². The second kappa shape index (κ2) is 5.82. The predicted molar refractivity (Wildman–Crippen MR) is 93.5 cm³/mol. The van der Waals surface area contributed by atoms with Gasteiger partial charge in [-0.05, 0) is 30.3 Å². The lowest BCUT2D eigenvalue weighted by atomic mass is 10.2. The largest absolute Gasteiger partial charge is 0.497 e. The third-order valence-electron chi connectivity index (χ3n) is 3.99. The van der Waals surface area contributed by atoms with Crippen LogP contribution in [0.5, 0.6) is 5.75 Å². The highest BCUT2D eigenvalue weighted by Gasteiger charge is 2.17. The Labute approximate surface area is 138 Å². The van der Waals surface area contributed by atoms with E-state index in [4.69, 9.17) is 4.74 Å². The zero-order valence-electron chi connectivity index (χ0n) is 13.3. The summed E-state index contributed by atoms with van der Waals surface area (Å²) < 4.78 is 6.82. The first-order chi connectivity index (χ1) is 11.2. The molecule has 0 saturated carbocycles. The minimum absolute atomic E-state index is 0. The number of carbonyl (C=O) groups is 1. The molecule has 4 rings (SSSR count). The van der Waals surface area contributed by atoms with Gasteiger partial charge < -0.3 is 15.2 Å². The van der Waals surface area contributed by atoms with Crippen molar-refractivity contribution >= 4 is 28.0 Å². The van der Waals surface area contributed by atoms with Gasteiger partial charge >= 0.3 is 0 Å². The van der Waals surface area contributed by atoms with Gasteiger partial charge in [-0.15, -0.1) is 0 Å². The van der Waals surface area contributed by atoms with E-state index < -0.39 is 0 Å². The van der Waals surface area contributed by atoms with E-state index in [2.05, 4.69) is 9.97 Å². The van der Waals surface area contributed by atoms with E-state index in [0.717, 1.165) is 33.6 Å². The minimum atomic E-state index is -0.0519. The van der Waals surface area contributed by atoms with E-state index in [0.29, 0.717) is 5.65 Å². The Kier molecular flexibility index (Phi) is 3.83. The molecule has 0 saturated heterocycles. The van der Waals surface area contributed by atoms with Crippen LogP contribution in [0.15, 0.2) is 48.5 Å². The molecule has 0 aliphatic rings. The zero-order valence-corrected chi connectivity index (χ0v) is 13.3. The molecule has 0 amide bonds. The second-order valence-corrected chi connectivity index (χ2v) is 5.38. The molecule has 0 atom stereocenters. The number of imidazole rings is 1. The Morgan fingerprint density at radius 1 is 1.12 bits per heavy atom. The lowest BCUT2D eigenvalue weighted by Crippen LogP contribution is -2.05. The van der Waals surface area contributed by atoms with Crippen LogP contribution in [0.2, 0.25) is 0 Å². The molecule has 0 radical (unpaired) electrons. The second-order valence-electron chi connectivity index (χ2n) is 5.38. The first kappa shape index (κ1) is 15.8. The van der Waals surface area contributed by atoms with Crippen LogP contribution in [0.4, 0.5) is 0 Å². The van der Waals surface area contributed by atoms with E-state index in [1.807, 2.05) is 48.5 Å². The number of rotatable bonds is 2. The molecule has 0 bridgehead atoms. The SMILES string of the molecule is COc1ccc(-c2nc3c([nH]2)c2ccccc2n3C(C)=O)cc1.O. The Hall–Kier alpha value is -3.12. The monoisotopic (exact) mass is 323 g/mol. The summed E-state index contributed by atoms with van der Waals surface area (Å²) in [4.78, 5) is 20.0. The molecule has 6 heteroatoms. The number of hydrogen-bond acceptors (Lipinski definition) is 3. The number of hydrogen-bond donors (Lipinski definition) is 1. The summed E-state index contributed by atoms with van der Waals surface area (Å²) in [6, 6.07) is 15.5. The summed E-state index contributed by atoms with van der Waals surface area (Å²) in [6.07, 6.45) is 0. The van der Waals surface area contributed by atoms with Crippen LogP contribution in [0.1, 0.15) is 11.7 Å². The molecule has 122 valence electrons. The highest BCUT2D eigenvalue weighted by Crippen LogP contribution is 2.30. The first-order valence-corrected chi connectivity index (χ1v) is 7.33. The van der Waals surface area contributed by atoms with E-state index in [1.54, 1.807) is 18.6 Å². The maximum absolute atomic E-state index is 12.1. The van der Waals surface area contributed by atoms with Crippen LogP contribution in [0.3, 0.4) is 0 Å². The molecule has 2 heterocycles. The van der Waals surface area contributed by atoms with Gasteiger partial charge in [0, 0.05) is 17.9 Å². The number of benzene rings is 2. The fourth-order valence-electron chi connectivity index (χ4n) is 2.91. The van der Waals surface area contributed by atoms with Gasteiger partial charge in [0.2, 0.25) is 5.91 Å². The lowest BCUT2D eigenvalue weighted by molar-refractivity contribution is 0.0946.